The molecule has 2 aromatic rings. The molecule has 0 saturated heterocycles. The number of aliphatic imine (C=N–C) groups is 1. The summed E-state index contributed by atoms with van der Waals surface area (Å²) >= 11 is 3.53. The third-order valence-electron chi connectivity index (χ3n) is 2.70. The van der Waals surface area contributed by atoms with E-state index in [1.807, 2.05) is 0 Å². The lowest BCUT2D eigenvalue weighted by molar-refractivity contribution is 0.953. The first-order chi connectivity index (χ1) is 8.33. The van der Waals surface area contributed by atoms with Crippen molar-refractivity contribution in [3.8, 4) is 0 Å². The molecule has 2 heterocycles. The quantitative estimate of drug-likeness (QED) is 0.920. The molecule has 1 aromatic carbocycles. The Bertz CT molecular complexity index is 594. The van der Waals surface area contributed by atoms with Gasteiger partial charge in [0.2, 0.25) is 0 Å². The molecular formula is C12H11BrN4. The number of fused-ring (bicyclic) bond motifs is 1. The Morgan fingerprint density at radius 2 is 2.12 bits per heavy atom. The smallest absolute Gasteiger partial charge is 0.103 e. The van der Waals surface area contributed by atoms with Gasteiger partial charge in [0.1, 0.15) is 11.4 Å². The molecule has 1 aromatic heterocycles. The van der Waals surface area contributed by atoms with Crippen LogP contribution in [-0.4, -0.2) is 28.9 Å². The Morgan fingerprint density at radius 3 is 2.94 bits per heavy atom. The van der Waals surface area contributed by atoms with Gasteiger partial charge in [-0.1, -0.05) is 0 Å². The van der Waals surface area contributed by atoms with Crippen LogP contribution in [0.3, 0.4) is 0 Å². The molecular weight excluding hydrogens is 280 g/mol. The average Bonchev–Trinajstić information content (AvgIpc) is 2.82. The summed E-state index contributed by atoms with van der Waals surface area (Å²) in [7, 11) is 0. The zero-order chi connectivity index (χ0) is 11.7. The van der Waals surface area contributed by atoms with Crippen LogP contribution in [0, 0.1) is 0 Å². The molecule has 1 N–H and O–H groups in total. The number of hydrogen-bond acceptors (Lipinski definition) is 4. The monoisotopic (exact) mass is 290 g/mol. The highest BCUT2D eigenvalue weighted by molar-refractivity contribution is 9.10. The van der Waals surface area contributed by atoms with E-state index in [-0.39, 0.29) is 0 Å². The number of hydrogen-bond donors (Lipinski definition) is 1. The largest absolute Gasteiger partial charge is 0.372 e. The lowest BCUT2D eigenvalue weighted by Gasteiger charge is -2.05. The predicted octanol–water partition coefficient (Wildman–Crippen LogP) is 1.94. The van der Waals surface area contributed by atoms with E-state index in [0.717, 1.165) is 40.9 Å². The molecule has 0 bridgehead atoms. The molecule has 1 aliphatic rings. The Balaban J connectivity index is 2.00. The molecule has 0 aliphatic carbocycles. The summed E-state index contributed by atoms with van der Waals surface area (Å²) in [5.41, 5.74) is 3.01. The molecule has 4 nitrogen and oxygen atoms in total. The molecule has 17 heavy (non-hydrogen) atoms. The average molecular weight is 291 g/mol. The summed E-state index contributed by atoms with van der Waals surface area (Å²) in [5.74, 6) is 1.06. The molecule has 0 atom stereocenters. The number of rotatable bonds is 2. The van der Waals surface area contributed by atoms with Crippen LogP contribution >= 0.6 is 15.9 Å². The molecule has 5 heteroatoms. The highest BCUT2D eigenvalue weighted by atomic mass is 79.9. The molecule has 0 spiro atoms. The van der Waals surface area contributed by atoms with Gasteiger partial charge in [-0.3, -0.25) is 15.0 Å². The second-order valence-electron chi connectivity index (χ2n) is 3.93. The van der Waals surface area contributed by atoms with E-state index in [1.165, 1.54) is 5.56 Å². The zero-order valence-electron chi connectivity index (χ0n) is 9.15. The summed E-state index contributed by atoms with van der Waals surface area (Å²) in [6.45, 7) is 1.83. The van der Waals surface area contributed by atoms with Gasteiger partial charge in [-0.2, -0.15) is 0 Å². The zero-order valence-corrected chi connectivity index (χ0v) is 10.7. The number of amidine groups is 1. The molecule has 3 rings (SSSR count). The minimum absolute atomic E-state index is 0.825. The van der Waals surface area contributed by atoms with Crippen molar-refractivity contribution in [1.29, 1.82) is 0 Å². The van der Waals surface area contributed by atoms with Crippen LogP contribution < -0.4 is 5.32 Å². The summed E-state index contributed by atoms with van der Waals surface area (Å²) in [6.07, 6.45) is 4.24. The van der Waals surface area contributed by atoms with Gasteiger partial charge in [0.05, 0.1) is 12.1 Å². The van der Waals surface area contributed by atoms with Crippen molar-refractivity contribution >= 4 is 32.8 Å². The Hall–Kier alpha value is -1.49. The van der Waals surface area contributed by atoms with E-state index < -0.39 is 0 Å². The fraction of sp³-hybridized carbons (Fsp3) is 0.250. The van der Waals surface area contributed by atoms with Gasteiger partial charge < -0.3 is 5.32 Å². The molecule has 0 radical (unpaired) electrons. The third-order valence-corrected chi connectivity index (χ3v) is 3.31. The molecule has 0 unspecified atom stereocenters. The second kappa shape index (κ2) is 4.41. The number of halogens is 1. The number of aromatic nitrogens is 2. The topological polar surface area (TPSA) is 50.2 Å². The minimum atomic E-state index is 0.825. The van der Waals surface area contributed by atoms with Crippen molar-refractivity contribution in [3.63, 3.8) is 0 Å². The minimum Gasteiger partial charge on any atom is -0.372 e. The highest BCUT2D eigenvalue weighted by Crippen LogP contribution is 2.22. The number of benzene rings is 1. The van der Waals surface area contributed by atoms with Gasteiger partial charge in [-0.25, -0.2) is 0 Å². The van der Waals surface area contributed by atoms with E-state index in [2.05, 4.69) is 48.3 Å². The maximum Gasteiger partial charge on any atom is 0.103 e. The van der Waals surface area contributed by atoms with E-state index >= 15 is 0 Å². The van der Waals surface area contributed by atoms with Crippen molar-refractivity contribution in [2.24, 2.45) is 4.99 Å². The van der Waals surface area contributed by atoms with Crippen LogP contribution in [-0.2, 0) is 6.42 Å². The summed E-state index contributed by atoms with van der Waals surface area (Å²) in [6, 6.07) is 4.15. The standard InChI is InChI=1S/C12H11BrN4/c13-9-5-8(7-11-15-2-3-16-11)6-10-12(9)17-4-1-14-10/h1,4-6H,2-3,7H2,(H,15,16). The fourth-order valence-electron chi connectivity index (χ4n) is 1.95. The van der Waals surface area contributed by atoms with Gasteiger partial charge in [-0.05, 0) is 33.6 Å². The van der Waals surface area contributed by atoms with Gasteiger partial charge in [0.25, 0.3) is 0 Å². The molecule has 86 valence electrons. The molecule has 0 amide bonds. The maximum atomic E-state index is 4.39. The highest BCUT2D eigenvalue weighted by Gasteiger charge is 2.09. The summed E-state index contributed by atoms with van der Waals surface area (Å²) in [4.78, 5) is 13.0. The Morgan fingerprint density at radius 1 is 1.24 bits per heavy atom. The number of nitrogens with zero attached hydrogens (tertiary/aromatic N) is 3. The molecule has 0 fully saturated rings. The van der Waals surface area contributed by atoms with Crippen molar-refractivity contribution in [3.05, 3.63) is 34.6 Å². The van der Waals surface area contributed by atoms with Crippen LogP contribution in [0.4, 0.5) is 0 Å². The van der Waals surface area contributed by atoms with Crippen LogP contribution in [0.2, 0.25) is 0 Å². The lowest BCUT2D eigenvalue weighted by Crippen LogP contribution is -2.20. The van der Waals surface area contributed by atoms with Crippen LogP contribution in [0.15, 0.2) is 34.0 Å². The SMILES string of the molecule is Brc1cc(CC2=NCCN2)cc2nccnc12. The summed E-state index contributed by atoms with van der Waals surface area (Å²) in [5, 5.41) is 3.27. The lowest BCUT2D eigenvalue weighted by atomic mass is 10.1. The first kappa shape index (κ1) is 10.7. The first-order valence-electron chi connectivity index (χ1n) is 5.49. The van der Waals surface area contributed by atoms with Crippen molar-refractivity contribution in [2.75, 3.05) is 13.1 Å². The Labute approximate surface area is 107 Å². The van der Waals surface area contributed by atoms with Crippen LogP contribution in [0.25, 0.3) is 11.0 Å². The first-order valence-corrected chi connectivity index (χ1v) is 6.28. The summed E-state index contributed by atoms with van der Waals surface area (Å²) < 4.78 is 0.983. The maximum absolute atomic E-state index is 4.39. The van der Waals surface area contributed by atoms with Crippen LogP contribution in [0.5, 0.6) is 0 Å². The third kappa shape index (κ3) is 2.15. The second-order valence-corrected chi connectivity index (χ2v) is 4.79. The van der Waals surface area contributed by atoms with Gasteiger partial charge in [0, 0.05) is 29.8 Å². The van der Waals surface area contributed by atoms with E-state index in [9.17, 15) is 0 Å². The van der Waals surface area contributed by atoms with Crippen molar-refractivity contribution in [2.45, 2.75) is 6.42 Å². The van der Waals surface area contributed by atoms with Crippen LogP contribution in [0.1, 0.15) is 5.56 Å². The van der Waals surface area contributed by atoms with Gasteiger partial charge in [-0.15, -0.1) is 0 Å². The predicted molar refractivity (Wildman–Crippen MR) is 71.2 cm³/mol. The normalized spacial score (nSPS) is 14.8. The van der Waals surface area contributed by atoms with E-state index in [1.54, 1.807) is 12.4 Å². The van der Waals surface area contributed by atoms with Gasteiger partial charge >= 0.3 is 0 Å². The van der Waals surface area contributed by atoms with Crippen molar-refractivity contribution < 1.29 is 0 Å². The fourth-order valence-corrected chi connectivity index (χ4v) is 2.55. The van der Waals surface area contributed by atoms with E-state index in [4.69, 9.17) is 0 Å². The van der Waals surface area contributed by atoms with E-state index in [0.29, 0.717) is 0 Å². The van der Waals surface area contributed by atoms with Gasteiger partial charge in [0.15, 0.2) is 0 Å². The number of nitrogens with one attached hydrogen (secondary N) is 1. The Kier molecular flexibility index (Phi) is 2.76. The molecule has 0 saturated carbocycles. The van der Waals surface area contributed by atoms with Crippen molar-refractivity contribution in [1.82, 2.24) is 15.3 Å². The molecule has 1 aliphatic heterocycles.